The van der Waals surface area contributed by atoms with Gasteiger partial charge >= 0.3 is 9.15 Å². The molecule has 0 spiro atoms. The molecule has 84 valence electrons. The molecular formula is C6H14N2O4S2. The molecule has 8 heteroatoms. The molecule has 0 saturated carbocycles. The Morgan fingerprint density at radius 3 is 2.79 bits per heavy atom. The molecule has 0 amide bonds. The number of nitrogens with zero attached hydrogens (tertiary/aromatic N) is 1. The van der Waals surface area contributed by atoms with E-state index in [0.717, 1.165) is 6.42 Å². The van der Waals surface area contributed by atoms with Gasteiger partial charge in [-0.3, -0.25) is 9.55 Å². The third kappa shape index (κ3) is 9.78. The van der Waals surface area contributed by atoms with Crippen molar-refractivity contribution in [1.29, 1.82) is 0 Å². The van der Waals surface area contributed by atoms with Gasteiger partial charge in [0.25, 0.3) is 0 Å². The van der Waals surface area contributed by atoms with Crippen molar-refractivity contribution in [1.82, 2.24) is 0 Å². The van der Waals surface area contributed by atoms with Crippen molar-refractivity contribution in [2.75, 3.05) is 26.0 Å². The fourth-order valence-corrected chi connectivity index (χ4v) is 1.78. The molecule has 0 unspecified atom stereocenters. The number of methoxy groups -OCH3 is 1. The van der Waals surface area contributed by atoms with Crippen LogP contribution in [0, 0.1) is 0 Å². The Morgan fingerprint density at radius 1 is 1.64 bits per heavy atom. The lowest BCUT2D eigenvalue weighted by atomic mass is 10.4. The van der Waals surface area contributed by atoms with Gasteiger partial charge in [-0.2, -0.15) is 8.42 Å². The quantitative estimate of drug-likeness (QED) is 0.213. The van der Waals surface area contributed by atoms with Crippen molar-refractivity contribution in [3.63, 3.8) is 0 Å². The first-order chi connectivity index (χ1) is 6.45. The normalized spacial score (nSPS) is 13.1. The van der Waals surface area contributed by atoms with Crippen molar-refractivity contribution in [2.24, 2.45) is 10.7 Å². The number of rotatable bonds is 7. The van der Waals surface area contributed by atoms with E-state index in [2.05, 4.69) is 4.99 Å². The Kier molecular flexibility index (Phi) is 6.89. The van der Waals surface area contributed by atoms with E-state index in [1.807, 2.05) is 0 Å². The molecule has 0 radical (unpaired) electrons. The van der Waals surface area contributed by atoms with E-state index in [9.17, 15) is 8.42 Å². The van der Waals surface area contributed by atoms with Gasteiger partial charge in [0.2, 0.25) is 0 Å². The van der Waals surface area contributed by atoms with Gasteiger partial charge < -0.3 is 10.5 Å². The topological polar surface area (TPSA) is 102 Å². The van der Waals surface area contributed by atoms with Crippen molar-refractivity contribution in [2.45, 2.75) is 6.42 Å². The predicted octanol–water partition coefficient (Wildman–Crippen LogP) is -0.0839. The van der Waals surface area contributed by atoms with Crippen LogP contribution in [0.15, 0.2) is 4.99 Å². The summed E-state index contributed by atoms with van der Waals surface area (Å²) < 4.78 is 33.8. The summed E-state index contributed by atoms with van der Waals surface area (Å²) in [6.45, 7) is 1.08. The monoisotopic (exact) mass is 242 g/mol. The van der Waals surface area contributed by atoms with E-state index in [1.54, 1.807) is 7.11 Å². The maximum absolute atomic E-state index is 10.3. The van der Waals surface area contributed by atoms with E-state index in [-0.39, 0.29) is 11.6 Å². The highest BCUT2D eigenvalue weighted by Crippen LogP contribution is 2.07. The van der Waals surface area contributed by atoms with Crippen molar-refractivity contribution >= 4 is 25.8 Å². The van der Waals surface area contributed by atoms with Crippen LogP contribution >= 0.6 is 10.8 Å². The summed E-state index contributed by atoms with van der Waals surface area (Å²) in [6, 6.07) is 0. The molecule has 0 bridgehead atoms. The maximum Gasteiger partial charge on any atom is 0.320 e. The van der Waals surface area contributed by atoms with Crippen LogP contribution < -0.4 is 5.73 Å². The summed E-state index contributed by atoms with van der Waals surface area (Å²) in [6.07, 6.45) is 0.730. The van der Waals surface area contributed by atoms with Crippen molar-refractivity contribution < 1.29 is 17.7 Å². The summed E-state index contributed by atoms with van der Waals surface area (Å²) in [7, 11) is -2.09. The average Bonchev–Trinajstić information content (AvgIpc) is 2.08. The van der Waals surface area contributed by atoms with Crippen LogP contribution in [0.1, 0.15) is 6.42 Å². The molecular weight excluding hydrogens is 228 g/mol. The average molecular weight is 242 g/mol. The summed E-state index contributed by atoms with van der Waals surface area (Å²) >= 11 is 0. The van der Waals surface area contributed by atoms with E-state index in [4.69, 9.17) is 15.0 Å². The highest BCUT2D eigenvalue weighted by molar-refractivity contribution is 8.70. The maximum atomic E-state index is 10.3. The zero-order valence-corrected chi connectivity index (χ0v) is 9.47. The SMILES string of the molecule is COCCCN=C(N)CSS(=O)(=O)O. The van der Waals surface area contributed by atoms with Gasteiger partial charge in [0.1, 0.15) is 5.84 Å². The molecule has 0 atom stereocenters. The van der Waals surface area contributed by atoms with Crippen molar-refractivity contribution in [3.05, 3.63) is 0 Å². The number of amidine groups is 1. The lowest BCUT2D eigenvalue weighted by Gasteiger charge is -1.99. The first-order valence-electron chi connectivity index (χ1n) is 3.85. The van der Waals surface area contributed by atoms with Crippen LogP contribution in [0.4, 0.5) is 0 Å². The summed E-state index contributed by atoms with van der Waals surface area (Å²) in [4.78, 5) is 3.88. The number of ether oxygens (including phenoxy) is 1. The van der Waals surface area contributed by atoms with Gasteiger partial charge in [-0.1, -0.05) is 0 Å². The minimum Gasteiger partial charge on any atom is -0.387 e. The molecule has 0 aromatic carbocycles. The van der Waals surface area contributed by atoms with E-state index in [1.165, 1.54) is 0 Å². The molecule has 14 heavy (non-hydrogen) atoms. The van der Waals surface area contributed by atoms with Gasteiger partial charge in [-0.05, 0) is 6.42 Å². The second-order valence-electron chi connectivity index (χ2n) is 2.41. The highest BCUT2D eigenvalue weighted by atomic mass is 33.1. The Morgan fingerprint density at radius 2 is 2.29 bits per heavy atom. The third-order valence-corrected chi connectivity index (χ3v) is 3.14. The number of aliphatic imine (C=N–C) groups is 1. The van der Waals surface area contributed by atoms with Gasteiger partial charge in [0, 0.05) is 31.1 Å². The zero-order valence-electron chi connectivity index (χ0n) is 7.84. The van der Waals surface area contributed by atoms with E-state index < -0.39 is 9.15 Å². The Balaban J connectivity index is 3.68. The summed E-state index contributed by atoms with van der Waals surface area (Å²) in [5, 5.41) is 0. The molecule has 0 aromatic heterocycles. The number of hydrogen-bond acceptors (Lipinski definition) is 5. The molecule has 3 N–H and O–H groups in total. The Hall–Kier alpha value is -0.310. The van der Waals surface area contributed by atoms with Crippen LogP contribution in [-0.4, -0.2) is 44.8 Å². The minimum atomic E-state index is -4.02. The summed E-state index contributed by atoms with van der Waals surface area (Å²) in [5.41, 5.74) is 5.38. The van der Waals surface area contributed by atoms with Crippen LogP contribution in [0.2, 0.25) is 0 Å². The van der Waals surface area contributed by atoms with Gasteiger partial charge in [0.15, 0.2) is 0 Å². The number of hydrogen-bond donors (Lipinski definition) is 2. The van der Waals surface area contributed by atoms with E-state index >= 15 is 0 Å². The molecule has 0 aliphatic heterocycles. The minimum absolute atomic E-state index is 0.0220. The zero-order chi connectivity index (χ0) is 11.0. The highest BCUT2D eigenvalue weighted by Gasteiger charge is 2.05. The standard InChI is InChI=1S/C6H14N2O4S2/c1-12-4-2-3-8-6(7)5-13-14(9,10)11/h2-5H2,1H3,(H2,7,8)(H,9,10,11). The smallest absolute Gasteiger partial charge is 0.320 e. The van der Waals surface area contributed by atoms with Crippen LogP contribution in [-0.2, 0) is 13.9 Å². The number of nitrogens with two attached hydrogens (primary N) is 1. The van der Waals surface area contributed by atoms with Crippen LogP contribution in [0.3, 0.4) is 0 Å². The van der Waals surface area contributed by atoms with Gasteiger partial charge in [-0.15, -0.1) is 0 Å². The molecule has 0 aromatic rings. The largest absolute Gasteiger partial charge is 0.387 e. The molecule has 0 rings (SSSR count). The molecule has 0 aliphatic carbocycles. The molecule has 0 fully saturated rings. The summed E-state index contributed by atoms with van der Waals surface area (Å²) in [5.74, 6) is 0.176. The fraction of sp³-hybridized carbons (Fsp3) is 0.833. The third-order valence-electron chi connectivity index (χ3n) is 1.18. The van der Waals surface area contributed by atoms with E-state index in [0.29, 0.717) is 23.9 Å². The molecule has 0 aliphatic rings. The molecule has 0 heterocycles. The first kappa shape index (κ1) is 13.7. The second-order valence-corrected chi connectivity index (χ2v) is 5.76. The fourth-order valence-electron chi connectivity index (χ4n) is 0.612. The Labute approximate surface area is 87.1 Å². The lowest BCUT2D eigenvalue weighted by Crippen LogP contribution is -2.16. The van der Waals surface area contributed by atoms with Gasteiger partial charge in [-0.25, -0.2) is 0 Å². The van der Waals surface area contributed by atoms with Gasteiger partial charge in [0.05, 0.1) is 5.75 Å². The predicted molar refractivity (Wildman–Crippen MR) is 57.0 cm³/mol. The first-order valence-corrected chi connectivity index (χ1v) is 6.79. The van der Waals surface area contributed by atoms with Crippen LogP contribution in [0.5, 0.6) is 0 Å². The van der Waals surface area contributed by atoms with Crippen LogP contribution in [0.25, 0.3) is 0 Å². The molecule has 0 saturated heterocycles. The molecule has 6 nitrogen and oxygen atoms in total. The second kappa shape index (κ2) is 7.04. The lowest BCUT2D eigenvalue weighted by molar-refractivity contribution is 0.197. The Bertz CT molecular complexity index is 276. The van der Waals surface area contributed by atoms with Crippen molar-refractivity contribution in [3.8, 4) is 0 Å².